The Kier molecular flexibility index (Phi) is 3.80. The molecule has 1 aromatic heterocycles. The Hall–Kier alpha value is -1.34. The van der Waals surface area contributed by atoms with Gasteiger partial charge in [-0.1, -0.05) is 0 Å². The lowest BCUT2D eigenvalue weighted by atomic mass is 10.3. The zero-order valence-electron chi connectivity index (χ0n) is 10.6. The van der Waals surface area contributed by atoms with Crippen LogP contribution in [0.25, 0.3) is 0 Å². The summed E-state index contributed by atoms with van der Waals surface area (Å²) in [6.45, 7) is 6.27. The van der Waals surface area contributed by atoms with E-state index in [1.165, 1.54) is 0 Å². The summed E-state index contributed by atoms with van der Waals surface area (Å²) in [5.74, 6) is 1.10. The number of nitrogen functional groups attached to an aromatic ring is 1. The second-order valence-electron chi connectivity index (χ2n) is 4.65. The number of aromatic amines is 1. The molecular weight excluding hydrogens is 218 g/mol. The van der Waals surface area contributed by atoms with Crippen LogP contribution in [-0.4, -0.2) is 78.3 Å². The van der Waals surface area contributed by atoms with Crippen molar-refractivity contribution in [2.24, 2.45) is 0 Å². The molecule has 0 radical (unpaired) electrons. The summed E-state index contributed by atoms with van der Waals surface area (Å²) in [5.41, 5.74) is 5.52. The summed E-state index contributed by atoms with van der Waals surface area (Å²) in [6, 6.07) is 0. The van der Waals surface area contributed by atoms with E-state index >= 15 is 0 Å². The Morgan fingerprint density at radius 1 is 1.29 bits per heavy atom. The van der Waals surface area contributed by atoms with Gasteiger partial charge in [-0.3, -0.25) is 4.90 Å². The third kappa shape index (κ3) is 3.31. The van der Waals surface area contributed by atoms with Crippen LogP contribution in [0.1, 0.15) is 0 Å². The molecule has 1 fully saturated rings. The van der Waals surface area contributed by atoms with Crippen LogP contribution in [0.15, 0.2) is 0 Å². The SMILES string of the molecule is CN(C)CCN1CCN(c2n[nH]c(N)n2)CC1. The van der Waals surface area contributed by atoms with E-state index in [1.54, 1.807) is 0 Å². The molecule has 0 unspecified atom stereocenters. The van der Waals surface area contributed by atoms with E-state index < -0.39 is 0 Å². The Morgan fingerprint density at radius 2 is 2.00 bits per heavy atom. The molecule has 1 aliphatic rings. The summed E-state index contributed by atoms with van der Waals surface area (Å²) < 4.78 is 0. The lowest BCUT2D eigenvalue weighted by Crippen LogP contribution is -2.48. The first-order valence-electron chi connectivity index (χ1n) is 5.95. The summed E-state index contributed by atoms with van der Waals surface area (Å²) in [6.07, 6.45) is 0. The first-order valence-corrected chi connectivity index (χ1v) is 5.95. The number of piperazine rings is 1. The molecule has 96 valence electrons. The van der Waals surface area contributed by atoms with Crippen molar-refractivity contribution in [1.29, 1.82) is 0 Å². The van der Waals surface area contributed by atoms with E-state index in [-0.39, 0.29) is 0 Å². The monoisotopic (exact) mass is 239 g/mol. The van der Waals surface area contributed by atoms with E-state index in [2.05, 4.69) is 44.0 Å². The van der Waals surface area contributed by atoms with Crippen molar-refractivity contribution in [3.63, 3.8) is 0 Å². The van der Waals surface area contributed by atoms with Gasteiger partial charge < -0.3 is 15.5 Å². The Balaban J connectivity index is 1.78. The lowest BCUT2D eigenvalue weighted by molar-refractivity contribution is 0.229. The fourth-order valence-corrected chi connectivity index (χ4v) is 1.92. The maximum Gasteiger partial charge on any atom is 0.246 e. The molecule has 17 heavy (non-hydrogen) atoms. The van der Waals surface area contributed by atoms with Gasteiger partial charge in [0.2, 0.25) is 11.9 Å². The van der Waals surface area contributed by atoms with Gasteiger partial charge in [-0.05, 0) is 14.1 Å². The smallest absolute Gasteiger partial charge is 0.246 e. The van der Waals surface area contributed by atoms with Crippen molar-refractivity contribution >= 4 is 11.9 Å². The maximum atomic E-state index is 5.52. The maximum absolute atomic E-state index is 5.52. The van der Waals surface area contributed by atoms with Gasteiger partial charge in [-0.2, -0.15) is 4.98 Å². The van der Waals surface area contributed by atoms with Crippen molar-refractivity contribution in [2.45, 2.75) is 0 Å². The van der Waals surface area contributed by atoms with Crippen LogP contribution in [0.3, 0.4) is 0 Å². The number of hydrogen-bond donors (Lipinski definition) is 2. The fourth-order valence-electron chi connectivity index (χ4n) is 1.92. The minimum atomic E-state index is 0.384. The van der Waals surface area contributed by atoms with E-state index in [9.17, 15) is 0 Å². The van der Waals surface area contributed by atoms with Gasteiger partial charge in [0.1, 0.15) is 0 Å². The van der Waals surface area contributed by atoms with Crippen LogP contribution in [0.2, 0.25) is 0 Å². The van der Waals surface area contributed by atoms with Crippen LogP contribution in [0.4, 0.5) is 11.9 Å². The third-order valence-corrected chi connectivity index (χ3v) is 3.01. The number of nitrogens with two attached hydrogens (primary N) is 1. The molecule has 0 atom stereocenters. The molecule has 7 heteroatoms. The van der Waals surface area contributed by atoms with Crippen LogP contribution < -0.4 is 10.6 Å². The molecule has 3 N–H and O–H groups in total. The molecule has 7 nitrogen and oxygen atoms in total. The molecule has 0 saturated carbocycles. The highest BCUT2D eigenvalue weighted by Gasteiger charge is 2.19. The zero-order valence-corrected chi connectivity index (χ0v) is 10.6. The normalized spacial score (nSPS) is 17.9. The van der Waals surface area contributed by atoms with Gasteiger partial charge in [0.05, 0.1) is 0 Å². The number of nitrogens with one attached hydrogen (secondary N) is 1. The topological polar surface area (TPSA) is 77.3 Å². The molecule has 1 saturated heterocycles. The Bertz CT molecular complexity index is 340. The zero-order chi connectivity index (χ0) is 12.3. The number of nitrogens with zero attached hydrogens (tertiary/aromatic N) is 5. The van der Waals surface area contributed by atoms with Gasteiger partial charge in [-0.15, -0.1) is 5.10 Å². The number of anilines is 2. The second-order valence-corrected chi connectivity index (χ2v) is 4.65. The highest BCUT2D eigenvalue weighted by Crippen LogP contribution is 2.10. The van der Waals surface area contributed by atoms with Crippen molar-refractivity contribution in [3.05, 3.63) is 0 Å². The minimum Gasteiger partial charge on any atom is -0.368 e. The van der Waals surface area contributed by atoms with Crippen molar-refractivity contribution in [2.75, 3.05) is 64.0 Å². The molecule has 0 bridgehead atoms. The number of H-pyrrole nitrogens is 1. The number of aromatic nitrogens is 3. The standard InChI is InChI=1S/C10H21N7/c1-15(2)3-4-16-5-7-17(8-6-16)10-12-9(11)13-14-10/h3-8H2,1-2H3,(H3,11,12,13,14). The highest BCUT2D eigenvalue weighted by atomic mass is 15.4. The average molecular weight is 239 g/mol. The Labute approximate surface area is 102 Å². The summed E-state index contributed by atoms with van der Waals surface area (Å²) >= 11 is 0. The molecular formula is C10H21N7. The largest absolute Gasteiger partial charge is 0.368 e. The lowest BCUT2D eigenvalue weighted by Gasteiger charge is -2.34. The van der Waals surface area contributed by atoms with Crippen molar-refractivity contribution in [1.82, 2.24) is 25.0 Å². The highest BCUT2D eigenvalue weighted by molar-refractivity contribution is 5.34. The minimum absolute atomic E-state index is 0.384. The van der Waals surface area contributed by atoms with E-state index in [0.29, 0.717) is 5.95 Å². The molecule has 1 aromatic rings. The van der Waals surface area contributed by atoms with Crippen LogP contribution in [-0.2, 0) is 0 Å². The summed E-state index contributed by atoms with van der Waals surface area (Å²) in [5, 5.41) is 6.75. The first-order chi connectivity index (χ1) is 8.15. The summed E-state index contributed by atoms with van der Waals surface area (Å²) in [7, 11) is 4.21. The van der Waals surface area contributed by atoms with Gasteiger partial charge >= 0.3 is 0 Å². The molecule has 0 amide bonds. The predicted molar refractivity (Wildman–Crippen MR) is 68.0 cm³/mol. The first kappa shape index (κ1) is 12.1. The second kappa shape index (κ2) is 5.33. The van der Waals surface area contributed by atoms with Crippen LogP contribution >= 0.6 is 0 Å². The van der Waals surface area contributed by atoms with Gasteiger partial charge in [0.15, 0.2) is 0 Å². The molecule has 2 heterocycles. The Morgan fingerprint density at radius 3 is 2.53 bits per heavy atom. The van der Waals surface area contributed by atoms with E-state index in [4.69, 9.17) is 5.73 Å². The number of likely N-dealkylation sites (N-methyl/N-ethyl adjacent to an activating group) is 1. The molecule has 2 rings (SSSR count). The van der Waals surface area contributed by atoms with Gasteiger partial charge in [0, 0.05) is 39.3 Å². The van der Waals surface area contributed by atoms with Gasteiger partial charge in [0.25, 0.3) is 0 Å². The van der Waals surface area contributed by atoms with E-state index in [0.717, 1.165) is 45.2 Å². The van der Waals surface area contributed by atoms with Crippen LogP contribution in [0, 0.1) is 0 Å². The average Bonchev–Trinajstić information content (AvgIpc) is 2.74. The fraction of sp³-hybridized carbons (Fsp3) is 0.800. The number of hydrogen-bond acceptors (Lipinski definition) is 6. The molecule has 0 spiro atoms. The molecule has 0 aromatic carbocycles. The van der Waals surface area contributed by atoms with Crippen molar-refractivity contribution < 1.29 is 0 Å². The number of rotatable bonds is 4. The molecule has 0 aliphatic carbocycles. The van der Waals surface area contributed by atoms with E-state index in [1.807, 2.05) is 0 Å². The summed E-state index contributed by atoms with van der Waals surface area (Å²) in [4.78, 5) is 11.0. The predicted octanol–water partition coefficient (Wildman–Crippen LogP) is -0.929. The molecule has 1 aliphatic heterocycles. The van der Waals surface area contributed by atoms with Crippen molar-refractivity contribution in [3.8, 4) is 0 Å². The quantitative estimate of drug-likeness (QED) is 0.707. The van der Waals surface area contributed by atoms with Crippen LogP contribution in [0.5, 0.6) is 0 Å². The van der Waals surface area contributed by atoms with Gasteiger partial charge in [-0.25, -0.2) is 5.10 Å². The third-order valence-electron chi connectivity index (χ3n) is 3.01.